The van der Waals surface area contributed by atoms with E-state index in [2.05, 4.69) is 10.00 Å². The molecular weight excluding hydrogens is 230 g/mol. The van der Waals surface area contributed by atoms with Gasteiger partial charge in [-0.15, -0.1) is 0 Å². The van der Waals surface area contributed by atoms with Gasteiger partial charge < -0.3 is 15.5 Å². The van der Waals surface area contributed by atoms with Crippen LogP contribution in [0, 0.1) is 0 Å². The van der Waals surface area contributed by atoms with Gasteiger partial charge in [-0.2, -0.15) is 5.10 Å². The number of amides is 1. The van der Waals surface area contributed by atoms with E-state index in [1.165, 1.54) is 0 Å². The fraction of sp³-hybridized carbons (Fsp3) is 0.667. The summed E-state index contributed by atoms with van der Waals surface area (Å²) in [6.07, 6.45) is 1.65. The zero-order valence-corrected chi connectivity index (χ0v) is 11.8. The highest BCUT2D eigenvalue weighted by molar-refractivity contribution is 5.97. The molecule has 102 valence electrons. The molecule has 18 heavy (non-hydrogen) atoms. The number of likely N-dealkylation sites (N-methyl/N-ethyl adjacent to an activating group) is 2. The van der Waals surface area contributed by atoms with Crippen LogP contribution in [0.1, 0.15) is 24.3 Å². The average molecular weight is 253 g/mol. The van der Waals surface area contributed by atoms with Crippen molar-refractivity contribution in [3.05, 3.63) is 11.9 Å². The fourth-order valence-electron chi connectivity index (χ4n) is 2.09. The molecule has 0 aliphatic rings. The van der Waals surface area contributed by atoms with E-state index in [0.717, 1.165) is 6.54 Å². The summed E-state index contributed by atoms with van der Waals surface area (Å²) in [5.41, 5.74) is 6.56. The Hall–Kier alpha value is -1.56. The van der Waals surface area contributed by atoms with E-state index in [4.69, 9.17) is 5.73 Å². The molecule has 0 bridgehead atoms. The quantitative estimate of drug-likeness (QED) is 0.825. The van der Waals surface area contributed by atoms with Gasteiger partial charge in [-0.05, 0) is 27.9 Å². The Labute approximate surface area is 108 Å². The molecule has 0 aliphatic carbocycles. The van der Waals surface area contributed by atoms with Crippen LogP contribution in [0.5, 0.6) is 0 Å². The molecule has 6 heteroatoms. The van der Waals surface area contributed by atoms with Crippen LogP contribution >= 0.6 is 0 Å². The summed E-state index contributed by atoms with van der Waals surface area (Å²) < 4.78 is 1.56. The van der Waals surface area contributed by atoms with Crippen LogP contribution in [0.2, 0.25) is 0 Å². The van der Waals surface area contributed by atoms with Gasteiger partial charge in [-0.1, -0.05) is 0 Å². The topological polar surface area (TPSA) is 67.4 Å². The standard InChI is InChI=1S/C12H23N5O/c1-6-17(9(2)7-15(3)4)12(18)11-10(13)8-16(5)14-11/h8-9H,6-7,13H2,1-5H3. The van der Waals surface area contributed by atoms with E-state index in [1.807, 2.05) is 27.9 Å². The normalized spacial score (nSPS) is 12.8. The Morgan fingerprint density at radius 2 is 2.17 bits per heavy atom. The van der Waals surface area contributed by atoms with Crippen molar-refractivity contribution in [2.45, 2.75) is 19.9 Å². The van der Waals surface area contributed by atoms with Crippen LogP contribution < -0.4 is 5.73 Å². The molecule has 0 saturated heterocycles. The van der Waals surface area contributed by atoms with Crippen molar-refractivity contribution in [3.63, 3.8) is 0 Å². The van der Waals surface area contributed by atoms with Crippen LogP contribution in [0.15, 0.2) is 6.20 Å². The second-order valence-electron chi connectivity index (χ2n) is 4.81. The summed E-state index contributed by atoms with van der Waals surface area (Å²) in [6.45, 7) is 5.44. The van der Waals surface area contributed by atoms with Crippen LogP contribution in [-0.2, 0) is 7.05 Å². The SMILES string of the molecule is CCN(C(=O)c1nn(C)cc1N)C(C)CN(C)C. The second-order valence-corrected chi connectivity index (χ2v) is 4.81. The summed E-state index contributed by atoms with van der Waals surface area (Å²) in [7, 11) is 5.74. The van der Waals surface area contributed by atoms with Crippen molar-refractivity contribution in [1.82, 2.24) is 19.6 Å². The lowest BCUT2D eigenvalue weighted by atomic mass is 10.2. The number of rotatable bonds is 5. The van der Waals surface area contributed by atoms with Crippen molar-refractivity contribution in [2.24, 2.45) is 7.05 Å². The van der Waals surface area contributed by atoms with E-state index in [0.29, 0.717) is 17.9 Å². The molecule has 0 radical (unpaired) electrons. The minimum atomic E-state index is -0.107. The molecular formula is C12H23N5O. The number of carbonyl (C=O) groups excluding carboxylic acids is 1. The van der Waals surface area contributed by atoms with Crippen LogP contribution in [0.25, 0.3) is 0 Å². The number of carbonyl (C=O) groups is 1. The van der Waals surface area contributed by atoms with Crippen molar-refractivity contribution >= 4 is 11.6 Å². The van der Waals surface area contributed by atoms with Crippen molar-refractivity contribution in [3.8, 4) is 0 Å². The van der Waals surface area contributed by atoms with E-state index >= 15 is 0 Å². The molecule has 0 spiro atoms. The number of aryl methyl sites for hydroxylation is 1. The van der Waals surface area contributed by atoms with Crippen molar-refractivity contribution in [2.75, 3.05) is 32.9 Å². The van der Waals surface area contributed by atoms with Gasteiger partial charge in [0.25, 0.3) is 5.91 Å². The summed E-state index contributed by atoms with van der Waals surface area (Å²) in [5.74, 6) is -0.107. The molecule has 0 fully saturated rings. The van der Waals surface area contributed by atoms with E-state index in [1.54, 1.807) is 22.8 Å². The highest BCUT2D eigenvalue weighted by Gasteiger charge is 2.24. The monoisotopic (exact) mass is 253 g/mol. The zero-order chi connectivity index (χ0) is 13.9. The molecule has 0 saturated carbocycles. The van der Waals surface area contributed by atoms with E-state index in [-0.39, 0.29) is 11.9 Å². The second kappa shape index (κ2) is 5.86. The smallest absolute Gasteiger partial charge is 0.276 e. The lowest BCUT2D eigenvalue weighted by molar-refractivity contribution is 0.0673. The fourth-order valence-corrected chi connectivity index (χ4v) is 2.09. The van der Waals surface area contributed by atoms with E-state index < -0.39 is 0 Å². The Kier molecular flexibility index (Phi) is 4.72. The third-order valence-electron chi connectivity index (χ3n) is 2.82. The van der Waals surface area contributed by atoms with Gasteiger partial charge in [0.1, 0.15) is 0 Å². The molecule has 1 atom stereocenters. The molecule has 6 nitrogen and oxygen atoms in total. The number of hydrogen-bond acceptors (Lipinski definition) is 4. The summed E-state index contributed by atoms with van der Waals surface area (Å²) in [4.78, 5) is 16.2. The maximum Gasteiger partial charge on any atom is 0.276 e. The molecule has 2 N–H and O–H groups in total. The Balaban J connectivity index is 2.88. The lowest BCUT2D eigenvalue weighted by Gasteiger charge is -2.29. The predicted octanol–water partition coefficient (Wildman–Crippen LogP) is 0.415. The molecule has 1 aromatic rings. The first-order chi connectivity index (χ1) is 8.36. The predicted molar refractivity (Wildman–Crippen MR) is 72.3 cm³/mol. The summed E-state index contributed by atoms with van der Waals surface area (Å²) in [6, 6.07) is 0.124. The Bertz CT molecular complexity index is 413. The van der Waals surface area contributed by atoms with Gasteiger partial charge in [-0.25, -0.2) is 0 Å². The average Bonchev–Trinajstić information content (AvgIpc) is 2.57. The maximum absolute atomic E-state index is 12.4. The van der Waals surface area contributed by atoms with Gasteiger partial charge in [0.2, 0.25) is 0 Å². The van der Waals surface area contributed by atoms with Gasteiger partial charge in [0, 0.05) is 32.4 Å². The van der Waals surface area contributed by atoms with Gasteiger partial charge >= 0.3 is 0 Å². The number of nitrogens with two attached hydrogens (primary N) is 1. The summed E-state index contributed by atoms with van der Waals surface area (Å²) in [5, 5.41) is 4.13. The number of hydrogen-bond donors (Lipinski definition) is 1. The number of nitrogens with zero attached hydrogens (tertiary/aromatic N) is 4. The highest BCUT2D eigenvalue weighted by atomic mass is 16.2. The third kappa shape index (κ3) is 3.22. The third-order valence-corrected chi connectivity index (χ3v) is 2.82. The van der Waals surface area contributed by atoms with Gasteiger partial charge in [-0.3, -0.25) is 9.48 Å². The maximum atomic E-state index is 12.4. The molecule has 1 heterocycles. The van der Waals surface area contributed by atoms with Gasteiger partial charge in [0.15, 0.2) is 5.69 Å². The summed E-state index contributed by atoms with van der Waals surface area (Å²) >= 11 is 0. The molecule has 0 aliphatic heterocycles. The first kappa shape index (κ1) is 14.5. The first-order valence-electron chi connectivity index (χ1n) is 6.11. The van der Waals surface area contributed by atoms with Gasteiger partial charge in [0.05, 0.1) is 5.69 Å². The molecule has 1 aromatic heterocycles. The minimum absolute atomic E-state index is 0.107. The van der Waals surface area contributed by atoms with Crippen LogP contribution in [0.3, 0.4) is 0 Å². The Morgan fingerprint density at radius 1 is 1.56 bits per heavy atom. The number of aromatic nitrogens is 2. The minimum Gasteiger partial charge on any atom is -0.396 e. The zero-order valence-electron chi connectivity index (χ0n) is 11.8. The molecule has 1 unspecified atom stereocenters. The van der Waals surface area contributed by atoms with Crippen LogP contribution in [0.4, 0.5) is 5.69 Å². The largest absolute Gasteiger partial charge is 0.396 e. The highest BCUT2D eigenvalue weighted by Crippen LogP contribution is 2.13. The van der Waals surface area contributed by atoms with Crippen LogP contribution in [-0.4, -0.2) is 58.7 Å². The first-order valence-corrected chi connectivity index (χ1v) is 6.11. The van der Waals surface area contributed by atoms with Crippen molar-refractivity contribution in [1.29, 1.82) is 0 Å². The molecule has 1 amide bonds. The number of nitrogen functional groups attached to an aromatic ring is 1. The molecule has 1 rings (SSSR count). The molecule has 0 aromatic carbocycles. The van der Waals surface area contributed by atoms with E-state index in [9.17, 15) is 4.79 Å². The lowest BCUT2D eigenvalue weighted by Crippen LogP contribution is -2.44. The Morgan fingerprint density at radius 3 is 2.56 bits per heavy atom. The van der Waals surface area contributed by atoms with Crippen molar-refractivity contribution < 1.29 is 4.79 Å². The number of anilines is 1.